The third-order valence-corrected chi connectivity index (χ3v) is 4.33. The second-order valence-corrected chi connectivity index (χ2v) is 6.49. The Morgan fingerprint density at radius 3 is 2.92 bits per heavy atom. The Kier molecular flexibility index (Phi) is 3.90. The average molecular weight is 323 g/mol. The van der Waals surface area contributed by atoms with Gasteiger partial charge in [-0.3, -0.25) is 10.1 Å². The second-order valence-electron chi connectivity index (χ2n) is 6.49. The molecular weight excluding hydrogens is 302 g/mol. The smallest absolute Gasteiger partial charge is 0.137 e. The number of hydrogen-bond acceptors (Lipinski definition) is 5. The topological polar surface area (TPSA) is 75.7 Å². The van der Waals surface area contributed by atoms with Crippen molar-refractivity contribution in [3.8, 4) is 11.4 Å². The Morgan fingerprint density at radius 2 is 2.12 bits per heavy atom. The van der Waals surface area contributed by atoms with Gasteiger partial charge in [0.25, 0.3) is 0 Å². The van der Waals surface area contributed by atoms with Crippen molar-refractivity contribution in [2.45, 2.75) is 32.2 Å². The molecule has 0 amide bonds. The molecule has 1 unspecified atom stereocenters. The van der Waals surface area contributed by atoms with Gasteiger partial charge in [0.05, 0.1) is 23.2 Å². The highest BCUT2D eigenvalue weighted by atomic mass is 16.5. The summed E-state index contributed by atoms with van der Waals surface area (Å²) in [7, 11) is 0. The summed E-state index contributed by atoms with van der Waals surface area (Å²) in [4.78, 5) is 9.03. The normalized spacial score (nSPS) is 17.7. The molecule has 2 N–H and O–H groups in total. The summed E-state index contributed by atoms with van der Waals surface area (Å²) >= 11 is 0. The fraction of sp³-hybridized carbons (Fsp3) is 0.389. The van der Waals surface area contributed by atoms with Crippen LogP contribution in [0.4, 0.5) is 5.82 Å². The van der Waals surface area contributed by atoms with Crippen LogP contribution in [0.1, 0.15) is 31.7 Å². The lowest BCUT2D eigenvalue weighted by Gasteiger charge is -2.11. The van der Waals surface area contributed by atoms with Crippen molar-refractivity contribution in [2.75, 3.05) is 18.5 Å². The van der Waals surface area contributed by atoms with Crippen LogP contribution >= 0.6 is 0 Å². The third-order valence-electron chi connectivity index (χ3n) is 4.33. The quantitative estimate of drug-likeness (QED) is 0.770. The van der Waals surface area contributed by atoms with Crippen LogP contribution in [0, 0.1) is 0 Å². The van der Waals surface area contributed by atoms with E-state index in [2.05, 4.69) is 51.5 Å². The van der Waals surface area contributed by atoms with Crippen LogP contribution in [-0.2, 0) is 4.74 Å². The molecule has 4 rings (SSSR count). The minimum Gasteiger partial charge on any atom is -0.381 e. The maximum atomic E-state index is 5.51. The number of aromatic amines is 1. The number of nitrogens with one attached hydrogen (secondary N) is 2. The van der Waals surface area contributed by atoms with E-state index in [4.69, 9.17) is 4.74 Å². The Bertz CT molecular complexity index is 851. The largest absolute Gasteiger partial charge is 0.381 e. The maximum Gasteiger partial charge on any atom is 0.137 e. The van der Waals surface area contributed by atoms with Crippen molar-refractivity contribution in [3.05, 3.63) is 36.2 Å². The van der Waals surface area contributed by atoms with Crippen molar-refractivity contribution < 1.29 is 4.74 Å². The molecule has 0 radical (unpaired) electrons. The van der Waals surface area contributed by atoms with E-state index in [1.54, 1.807) is 6.20 Å². The number of hydrogen-bond donors (Lipinski definition) is 2. The van der Waals surface area contributed by atoms with Gasteiger partial charge in [-0.25, -0.2) is 4.98 Å². The van der Waals surface area contributed by atoms with Gasteiger partial charge < -0.3 is 10.1 Å². The molecule has 4 heterocycles. The third kappa shape index (κ3) is 2.73. The van der Waals surface area contributed by atoms with Gasteiger partial charge in [-0.2, -0.15) is 5.10 Å². The van der Waals surface area contributed by atoms with Crippen LogP contribution in [0.2, 0.25) is 0 Å². The summed E-state index contributed by atoms with van der Waals surface area (Å²) in [5.74, 6) is 1.28. The highest BCUT2D eigenvalue weighted by molar-refractivity contribution is 5.99. The Labute approximate surface area is 140 Å². The molecule has 124 valence electrons. The number of pyridine rings is 2. The number of nitrogens with zero attached hydrogens (tertiary/aromatic N) is 3. The van der Waals surface area contributed by atoms with E-state index in [0.717, 1.165) is 47.7 Å². The molecule has 0 bridgehead atoms. The van der Waals surface area contributed by atoms with E-state index in [0.29, 0.717) is 12.0 Å². The van der Waals surface area contributed by atoms with Crippen molar-refractivity contribution in [2.24, 2.45) is 0 Å². The summed E-state index contributed by atoms with van der Waals surface area (Å²) in [6, 6.07) is 6.43. The van der Waals surface area contributed by atoms with Gasteiger partial charge >= 0.3 is 0 Å². The molecule has 1 atom stereocenters. The van der Waals surface area contributed by atoms with Crippen LogP contribution in [0.25, 0.3) is 22.3 Å². The highest BCUT2D eigenvalue weighted by Crippen LogP contribution is 2.32. The molecule has 3 aromatic heterocycles. The van der Waals surface area contributed by atoms with Crippen LogP contribution in [0.5, 0.6) is 0 Å². The summed E-state index contributed by atoms with van der Waals surface area (Å²) in [5, 5.41) is 12.0. The fourth-order valence-electron chi connectivity index (χ4n) is 3.16. The minimum atomic E-state index is 0.292. The zero-order valence-corrected chi connectivity index (χ0v) is 13.9. The molecule has 0 spiro atoms. The molecule has 0 saturated carbocycles. The summed E-state index contributed by atoms with van der Waals surface area (Å²) in [6.45, 7) is 5.81. The predicted octanol–water partition coefficient (Wildman–Crippen LogP) is 3.34. The lowest BCUT2D eigenvalue weighted by atomic mass is 9.98. The second kappa shape index (κ2) is 6.20. The van der Waals surface area contributed by atoms with Crippen molar-refractivity contribution >= 4 is 16.7 Å². The van der Waals surface area contributed by atoms with Gasteiger partial charge in [0.2, 0.25) is 0 Å². The first-order valence-electron chi connectivity index (χ1n) is 8.36. The number of fused-ring (bicyclic) bond motifs is 1. The molecule has 24 heavy (non-hydrogen) atoms. The first kappa shape index (κ1) is 15.1. The van der Waals surface area contributed by atoms with Gasteiger partial charge in [-0.15, -0.1) is 0 Å². The molecule has 3 aromatic rings. The van der Waals surface area contributed by atoms with Crippen molar-refractivity contribution in [3.63, 3.8) is 0 Å². The van der Waals surface area contributed by atoms with Gasteiger partial charge in [-0.1, -0.05) is 0 Å². The van der Waals surface area contributed by atoms with Crippen LogP contribution in [-0.4, -0.2) is 39.4 Å². The summed E-state index contributed by atoms with van der Waals surface area (Å²) < 4.78 is 5.51. The van der Waals surface area contributed by atoms with Crippen molar-refractivity contribution in [1.82, 2.24) is 20.2 Å². The lowest BCUT2D eigenvalue weighted by Crippen LogP contribution is -2.11. The molecule has 1 aliphatic heterocycles. The molecular formula is C18H21N5O. The Hall–Kier alpha value is -2.47. The van der Waals surface area contributed by atoms with Gasteiger partial charge in [-0.05, 0) is 44.0 Å². The zero-order chi connectivity index (χ0) is 16.5. The number of anilines is 1. The minimum absolute atomic E-state index is 0.292. The SMILES string of the molecule is CC(C)Nc1nccc2[nH]nc(-c3cc(C4CCOC4)ccn3)c12. The van der Waals surface area contributed by atoms with Crippen LogP contribution in [0.15, 0.2) is 30.6 Å². The molecule has 1 fully saturated rings. The summed E-state index contributed by atoms with van der Waals surface area (Å²) in [6.07, 6.45) is 4.70. The zero-order valence-electron chi connectivity index (χ0n) is 13.9. The van der Waals surface area contributed by atoms with E-state index in [-0.39, 0.29) is 0 Å². The van der Waals surface area contributed by atoms with Crippen LogP contribution in [0.3, 0.4) is 0 Å². The van der Waals surface area contributed by atoms with Gasteiger partial charge in [0.15, 0.2) is 0 Å². The van der Waals surface area contributed by atoms with Crippen LogP contribution < -0.4 is 5.32 Å². The fourth-order valence-corrected chi connectivity index (χ4v) is 3.16. The first-order valence-corrected chi connectivity index (χ1v) is 8.36. The van der Waals surface area contributed by atoms with E-state index in [1.165, 1.54) is 5.56 Å². The summed E-state index contributed by atoms with van der Waals surface area (Å²) in [5.41, 5.74) is 3.92. The predicted molar refractivity (Wildman–Crippen MR) is 94.1 cm³/mol. The maximum absolute atomic E-state index is 5.51. The van der Waals surface area contributed by atoms with E-state index >= 15 is 0 Å². The molecule has 0 aromatic carbocycles. The van der Waals surface area contributed by atoms with Crippen molar-refractivity contribution in [1.29, 1.82) is 0 Å². The Morgan fingerprint density at radius 1 is 1.25 bits per heavy atom. The number of H-pyrrole nitrogens is 1. The number of aromatic nitrogens is 4. The monoisotopic (exact) mass is 323 g/mol. The molecule has 6 heteroatoms. The molecule has 1 aliphatic rings. The van der Waals surface area contributed by atoms with Gasteiger partial charge in [0, 0.05) is 31.0 Å². The van der Waals surface area contributed by atoms with Gasteiger partial charge in [0.1, 0.15) is 11.5 Å². The number of rotatable bonds is 4. The Balaban J connectivity index is 1.80. The molecule has 6 nitrogen and oxygen atoms in total. The standard InChI is InChI=1S/C18H21N5O/c1-11(2)21-18-16-14(4-7-20-18)22-23-17(16)15-9-12(3-6-19-15)13-5-8-24-10-13/h3-4,6-7,9,11,13H,5,8,10H2,1-2H3,(H,20,21)(H,22,23). The molecule has 1 saturated heterocycles. The first-order chi connectivity index (χ1) is 11.7. The average Bonchev–Trinajstić information content (AvgIpc) is 3.25. The van der Waals surface area contributed by atoms with E-state index < -0.39 is 0 Å². The number of ether oxygens (including phenoxy) is 1. The lowest BCUT2D eigenvalue weighted by molar-refractivity contribution is 0.194. The molecule has 0 aliphatic carbocycles. The highest BCUT2D eigenvalue weighted by Gasteiger charge is 2.20. The van der Waals surface area contributed by atoms with E-state index in [1.807, 2.05) is 12.3 Å². The van der Waals surface area contributed by atoms with E-state index in [9.17, 15) is 0 Å².